The van der Waals surface area contributed by atoms with Gasteiger partial charge in [-0.05, 0) is 55.0 Å². The highest BCUT2D eigenvalue weighted by Gasteiger charge is 2.29. The van der Waals surface area contributed by atoms with Crippen LogP contribution in [-0.4, -0.2) is 130 Å². The Labute approximate surface area is 446 Å². The number of amidine groups is 1. The van der Waals surface area contributed by atoms with E-state index in [9.17, 15) is 33.6 Å². The fourth-order valence-corrected chi connectivity index (χ4v) is 9.51. The first kappa shape index (κ1) is 54.8. The van der Waals surface area contributed by atoms with E-state index in [1.54, 1.807) is 9.58 Å². The van der Waals surface area contributed by atoms with Gasteiger partial charge in [-0.25, -0.2) is 9.67 Å². The number of carbonyl (C=O) groups excluding carboxylic acids is 7. The zero-order valence-electron chi connectivity index (χ0n) is 43.3. The van der Waals surface area contributed by atoms with Crippen molar-refractivity contribution in [3.8, 4) is 22.5 Å². The summed E-state index contributed by atoms with van der Waals surface area (Å²) < 4.78 is 12.7. The third kappa shape index (κ3) is 14.5. The number of hydrogen-bond donors (Lipinski definition) is 3. The number of anilines is 1. The average Bonchev–Trinajstić information content (AvgIpc) is 4.00. The molecule has 77 heavy (non-hydrogen) atoms. The molecular weight excluding hydrogens is 981 g/mol. The molecule has 4 aromatic carbocycles. The van der Waals surface area contributed by atoms with Crippen LogP contribution >= 0.6 is 0 Å². The van der Waals surface area contributed by atoms with Gasteiger partial charge < -0.3 is 29.9 Å². The van der Waals surface area contributed by atoms with E-state index in [2.05, 4.69) is 33.1 Å². The predicted molar refractivity (Wildman–Crippen MR) is 290 cm³/mol. The maximum atomic E-state index is 14.0. The number of rotatable bonds is 27. The molecule has 2 aromatic heterocycles. The first-order valence-corrected chi connectivity index (χ1v) is 26.2. The molecule has 0 saturated heterocycles. The SMILES string of the molecule is CN(CCCc1c2ccccc2nc2ccccc12)C(=N)CCCOC(=O)CCC(=O)NCCn1nnc2c1-c1ccccc1CN(C(=O)CCCC(=O)CCOCCNC(=O)CCN1C(=O)C=CC1=O)c1ccccc1-2. The Kier molecular flexibility index (Phi) is 19.1. The number of carbonyl (C=O) groups is 7. The summed E-state index contributed by atoms with van der Waals surface area (Å²) in [5.41, 5.74) is 7.61. The highest BCUT2D eigenvalue weighted by molar-refractivity contribution is 6.13. The van der Waals surface area contributed by atoms with Gasteiger partial charge in [-0.3, -0.25) is 43.9 Å². The second kappa shape index (κ2) is 26.9. The Morgan fingerprint density at radius 2 is 1.35 bits per heavy atom. The van der Waals surface area contributed by atoms with Crippen LogP contribution in [0.25, 0.3) is 44.3 Å². The number of benzene rings is 4. The molecule has 5 amide bonds. The van der Waals surface area contributed by atoms with Crippen molar-refractivity contribution in [3.05, 3.63) is 120 Å². The number of para-hydroxylation sites is 3. The van der Waals surface area contributed by atoms with E-state index in [4.69, 9.17) is 19.9 Å². The molecule has 0 bridgehead atoms. The van der Waals surface area contributed by atoms with Crippen LogP contribution in [0.3, 0.4) is 0 Å². The lowest BCUT2D eigenvalue weighted by Gasteiger charge is -2.28. The lowest BCUT2D eigenvalue weighted by molar-refractivity contribution is -0.145. The second-order valence-corrected chi connectivity index (χ2v) is 19.0. The van der Waals surface area contributed by atoms with E-state index in [0.717, 1.165) is 56.4 Å². The van der Waals surface area contributed by atoms with Gasteiger partial charge >= 0.3 is 5.97 Å². The largest absolute Gasteiger partial charge is 0.466 e. The summed E-state index contributed by atoms with van der Waals surface area (Å²) >= 11 is 0. The summed E-state index contributed by atoms with van der Waals surface area (Å²) in [5.74, 6) is -1.72. The number of aryl methyl sites for hydroxylation is 1. The first-order valence-electron chi connectivity index (χ1n) is 26.2. The van der Waals surface area contributed by atoms with Gasteiger partial charge in [0.1, 0.15) is 11.5 Å². The van der Waals surface area contributed by atoms with E-state index in [1.807, 2.05) is 96.9 Å². The van der Waals surface area contributed by atoms with Crippen LogP contribution < -0.4 is 15.5 Å². The Hall–Kier alpha value is -8.45. The summed E-state index contributed by atoms with van der Waals surface area (Å²) in [6, 6.07) is 31.6. The van der Waals surface area contributed by atoms with E-state index < -0.39 is 17.8 Å². The van der Waals surface area contributed by atoms with Gasteiger partial charge in [-0.15, -0.1) is 5.10 Å². The van der Waals surface area contributed by atoms with Crippen LogP contribution in [0.2, 0.25) is 0 Å². The van der Waals surface area contributed by atoms with Crippen molar-refractivity contribution in [1.29, 1.82) is 5.41 Å². The topological polar surface area (TPSA) is 239 Å². The van der Waals surface area contributed by atoms with Crippen molar-refractivity contribution in [2.75, 3.05) is 57.9 Å². The molecule has 0 atom stereocenters. The number of fused-ring (bicyclic) bond motifs is 7. The molecular formula is C58H64N10O9. The van der Waals surface area contributed by atoms with Crippen LogP contribution in [0.15, 0.2) is 109 Å². The Balaban J connectivity index is 0.734. The van der Waals surface area contributed by atoms with Gasteiger partial charge in [0.15, 0.2) is 0 Å². The quantitative estimate of drug-likeness (QED) is 0.0125. The minimum Gasteiger partial charge on any atom is -0.466 e. The van der Waals surface area contributed by atoms with Crippen molar-refractivity contribution in [2.24, 2.45) is 0 Å². The summed E-state index contributed by atoms with van der Waals surface area (Å²) in [4.78, 5) is 97.1. The average molecular weight is 1050 g/mol. The van der Waals surface area contributed by atoms with Crippen LogP contribution in [0.4, 0.5) is 5.69 Å². The summed E-state index contributed by atoms with van der Waals surface area (Å²) in [5, 5.41) is 25.6. The fraction of sp³-hybridized carbons (Fsp3) is 0.362. The molecule has 4 heterocycles. The van der Waals surface area contributed by atoms with Crippen LogP contribution in [0.5, 0.6) is 0 Å². The van der Waals surface area contributed by atoms with Gasteiger partial charge in [0.25, 0.3) is 11.8 Å². The number of amides is 5. The number of pyridine rings is 1. The van der Waals surface area contributed by atoms with Crippen LogP contribution in [0.1, 0.15) is 75.3 Å². The molecule has 19 nitrogen and oxygen atoms in total. The number of nitrogens with zero attached hydrogens (tertiary/aromatic N) is 7. The third-order valence-corrected chi connectivity index (χ3v) is 13.6. The van der Waals surface area contributed by atoms with E-state index in [0.29, 0.717) is 48.6 Å². The van der Waals surface area contributed by atoms with Crippen molar-refractivity contribution in [2.45, 2.75) is 83.7 Å². The van der Waals surface area contributed by atoms with Gasteiger partial charge in [0.2, 0.25) is 17.7 Å². The highest BCUT2D eigenvalue weighted by atomic mass is 16.5. The van der Waals surface area contributed by atoms with Gasteiger partial charge in [-0.2, -0.15) is 0 Å². The van der Waals surface area contributed by atoms with E-state index >= 15 is 0 Å². The smallest absolute Gasteiger partial charge is 0.306 e. The summed E-state index contributed by atoms with van der Waals surface area (Å²) in [7, 11) is 1.91. The Morgan fingerprint density at radius 3 is 2.12 bits per heavy atom. The molecule has 0 fully saturated rings. The number of aromatic nitrogens is 4. The van der Waals surface area contributed by atoms with Crippen molar-refractivity contribution in [1.82, 2.24) is 40.4 Å². The number of ketones is 1. The highest BCUT2D eigenvalue weighted by Crippen LogP contribution is 2.41. The number of esters is 1. The summed E-state index contributed by atoms with van der Waals surface area (Å²) in [6.45, 7) is 2.19. The van der Waals surface area contributed by atoms with Crippen molar-refractivity contribution >= 4 is 74.6 Å². The van der Waals surface area contributed by atoms with Crippen LogP contribution in [0, 0.1) is 5.41 Å². The fourth-order valence-electron chi connectivity index (χ4n) is 9.51. The standard InChI is InChI=1S/C58H64N10O9/c1-65(33-11-19-43-44-16-4-7-20-47(44)62-48-21-8-5-17-45(43)48)50(59)23-12-36-77-56(75)28-25-51(70)60-31-35-68-58-42-15-3-2-13-40(42)39-67(49-22-9-6-18-46(49)57(58)63-64-68)53(72)24-10-14-41(69)30-37-76-38-32-61-52(71)29-34-66-54(73)26-27-55(66)74/h2-9,13,15-18,20-22,26-27,59H,10-12,14,19,23-25,28-39H2,1H3,(H,60,70)(H,61,71). The van der Waals surface area contributed by atoms with E-state index in [1.165, 1.54) is 17.7 Å². The van der Waals surface area contributed by atoms with Gasteiger partial charge in [0, 0.05) is 106 Å². The molecule has 6 aromatic rings. The number of hydrogen-bond acceptors (Lipinski definition) is 13. The Bertz CT molecular complexity index is 3120. The van der Waals surface area contributed by atoms with Crippen LogP contribution in [-0.2, 0) is 62.5 Å². The molecule has 0 unspecified atom stereocenters. The molecule has 3 N–H and O–H groups in total. The maximum Gasteiger partial charge on any atom is 0.306 e. The lowest BCUT2D eigenvalue weighted by atomic mass is 9.95. The van der Waals surface area contributed by atoms with Crippen molar-refractivity contribution in [3.63, 3.8) is 0 Å². The van der Waals surface area contributed by atoms with Gasteiger partial charge in [-0.1, -0.05) is 84.1 Å². The minimum atomic E-state index is -0.476. The second-order valence-electron chi connectivity index (χ2n) is 19.0. The molecule has 0 spiro atoms. The van der Waals surface area contributed by atoms with Crippen molar-refractivity contribution < 1.29 is 43.0 Å². The number of Topliss-reactive ketones (excluding diaryl/α,β-unsaturated/α-hetero) is 1. The predicted octanol–water partition coefficient (Wildman–Crippen LogP) is 6.50. The molecule has 19 heteroatoms. The molecule has 8 rings (SSSR count). The van der Waals surface area contributed by atoms with Gasteiger partial charge in [0.05, 0.1) is 67.6 Å². The molecule has 2 aliphatic rings. The zero-order valence-corrected chi connectivity index (χ0v) is 43.3. The van der Waals surface area contributed by atoms with E-state index in [-0.39, 0.29) is 115 Å². The number of nitrogens with one attached hydrogen (secondary N) is 3. The lowest BCUT2D eigenvalue weighted by Crippen LogP contribution is -2.35. The molecule has 0 radical (unpaired) electrons. The Morgan fingerprint density at radius 1 is 0.675 bits per heavy atom. The molecule has 0 saturated carbocycles. The third-order valence-electron chi connectivity index (χ3n) is 13.6. The maximum absolute atomic E-state index is 14.0. The minimum absolute atomic E-state index is 0.00553. The monoisotopic (exact) mass is 1040 g/mol. The molecule has 2 aliphatic heterocycles. The zero-order chi connectivity index (χ0) is 54.1. The normalized spacial score (nSPS) is 12.7. The first-order chi connectivity index (χ1) is 37.4. The summed E-state index contributed by atoms with van der Waals surface area (Å²) in [6.07, 6.45) is 5.69. The number of imide groups is 1. The number of ether oxygens (including phenoxy) is 2. The molecule has 400 valence electrons. The molecule has 0 aliphatic carbocycles.